The first kappa shape index (κ1) is 19.0. The zero-order valence-corrected chi connectivity index (χ0v) is 15.9. The Morgan fingerprint density at radius 3 is 2.82 bits per heavy atom. The summed E-state index contributed by atoms with van der Waals surface area (Å²) in [5.41, 5.74) is 2.38. The summed E-state index contributed by atoms with van der Waals surface area (Å²) in [6.45, 7) is 5.09. The molecule has 0 saturated carbocycles. The Bertz CT molecular complexity index is 493. The van der Waals surface area contributed by atoms with Crippen molar-refractivity contribution < 1.29 is 5.11 Å². The van der Waals surface area contributed by atoms with Crippen LogP contribution in [0.5, 0.6) is 0 Å². The van der Waals surface area contributed by atoms with E-state index < -0.39 is 0 Å². The van der Waals surface area contributed by atoms with Gasteiger partial charge in [0.1, 0.15) is 0 Å². The molecule has 2 rings (SSSR count). The summed E-state index contributed by atoms with van der Waals surface area (Å²) in [5, 5.41) is 13.0. The van der Waals surface area contributed by atoms with Crippen LogP contribution in [0.2, 0.25) is 0 Å². The predicted octanol–water partition coefficient (Wildman–Crippen LogP) is 1.90. The summed E-state index contributed by atoms with van der Waals surface area (Å²) in [7, 11) is 4.08. The van der Waals surface area contributed by atoms with Crippen molar-refractivity contribution in [2.24, 2.45) is 4.99 Å². The smallest absolute Gasteiger partial charge is 0.194 e. The van der Waals surface area contributed by atoms with E-state index in [-0.39, 0.29) is 30.1 Å². The Labute approximate surface area is 150 Å². The summed E-state index contributed by atoms with van der Waals surface area (Å²) in [4.78, 5) is 8.92. The summed E-state index contributed by atoms with van der Waals surface area (Å²) in [6, 6.07) is 8.41. The zero-order chi connectivity index (χ0) is 15.2. The van der Waals surface area contributed by atoms with Gasteiger partial charge in [-0.25, -0.2) is 4.99 Å². The number of halogens is 1. The van der Waals surface area contributed by atoms with Crippen LogP contribution in [-0.4, -0.2) is 55.8 Å². The van der Waals surface area contributed by atoms with Crippen molar-refractivity contribution in [3.05, 3.63) is 29.8 Å². The monoisotopic (exact) mass is 418 g/mol. The van der Waals surface area contributed by atoms with Crippen molar-refractivity contribution in [3.63, 3.8) is 0 Å². The second-order valence-corrected chi connectivity index (χ2v) is 5.62. The van der Waals surface area contributed by atoms with E-state index in [1.807, 2.05) is 14.1 Å². The highest BCUT2D eigenvalue weighted by molar-refractivity contribution is 14.0. The van der Waals surface area contributed by atoms with E-state index in [1.54, 1.807) is 0 Å². The zero-order valence-electron chi connectivity index (χ0n) is 13.6. The first-order valence-electron chi connectivity index (χ1n) is 7.57. The average Bonchev–Trinajstić information content (AvgIpc) is 2.90. The van der Waals surface area contributed by atoms with Gasteiger partial charge in [0.25, 0.3) is 0 Å². The lowest BCUT2D eigenvalue weighted by Gasteiger charge is -2.21. The molecule has 6 heteroatoms. The molecule has 1 heterocycles. The Kier molecular flexibility index (Phi) is 7.95. The summed E-state index contributed by atoms with van der Waals surface area (Å²) in [6.07, 6.45) is 0.589. The molecule has 1 aliphatic heterocycles. The van der Waals surface area contributed by atoms with Crippen molar-refractivity contribution in [1.29, 1.82) is 0 Å². The van der Waals surface area contributed by atoms with Crippen LogP contribution >= 0.6 is 24.0 Å². The van der Waals surface area contributed by atoms with Crippen LogP contribution < -0.4 is 10.2 Å². The minimum Gasteiger partial charge on any atom is -0.391 e. The number of likely N-dealkylation sites (tertiary alicyclic amines) is 1. The summed E-state index contributed by atoms with van der Waals surface area (Å²) >= 11 is 0. The quantitative estimate of drug-likeness (QED) is 0.446. The number of hydrogen-bond acceptors (Lipinski definition) is 3. The average molecular weight is 418 g/mol. The molecule has 124 valence electrons. The molecule has 1 aliphatic rings. The molecule has 0 bridgehead atoms. The van der Waals surface area contributed by atoms with Crippen molar-refractivity contribution in [3.8, 4) is 0 Å². The number of nitrogens with zero attached hydrogens (tertiary/aromatic N) is 3. The molecular formula is C16H27IN4O. The van der Waals surface area contributed by atoms with Crippen molar-refractivity contribution in [1.82, 2.24) is 10.2 Å². The van der Waals surface area contributed by atoms with Crippen LogP contribution in [0.15, 0.2) is 29.3 Å². The molecule has 1 aromatic rings. The molecule has 1 fully saturated rings. The largest absolute Gasteiger partial charge is 0.391 e. The maximum atomic E-state index is 9.67. The number of aliphatic imine (C=N–C) groups is 1. The fourth-order valence-electron chi connectivity index (χ4n) is 2.46. The number of β-amino-alcohol motifs (C(OH)–C–C–N with tert-alkyl or cyclic N) is 1. The third-order valence-electron chi connectivity index (χ3n) is 3.64. The molecule has 22 heavy (non-hydrogen) atoms. The van der Waals surface area contributed by atoms with Gasteiger partial charge in [0.05, 0.1) is 12.6 Å². The Morgan fingerprint density at radius 2 is 2.23 bits per heavy atom. The molecule has 0 aliphatic carbocycles. The fraction of sp³-hybridized carbons (Fsp3) is 0.562. The van der Waals surface area contributed by atoms with Crippen molar-refractivity contribution >= 4 is 35.6 Å². The van der Waals surface area contributed by atoms with E-state index in [4.69, 9.17) is 4.99 Å². The van der Waals surface area contributed by atoms with E-state index in [1.165, 1.54) is 11.3 Å². The minimum absolute atomic E-state index is 0. The van der Waals surface area contributed by atoms with Crippen LogP contribution in [0.1, 0.15) is 18.9 Å². The standard InChI is InChI=1S/C16H26N4O.HI/c1-4-17-16(20-9-8-15(21)12-20)18-11-13-6-5-7-14(10-13)19(2)3;/h5-7,10,15,21H,4,8-9,11-12H2,1-3H3,(H,17,18);1H/t15-;/m1./s1. The van der Waals surface area contributed by atoms with E-state index in [0.29, 0.717) is 13.1 Å². The van der Waals surface area contributed by atoms with Crippen LogP contribution in [0, 0.1) is 0 Å². The highest BCUT2D eigenvalue weighted by atomic mass is 127. The molecule has 0 radical (unpaired) electrons. The van der Waals surface area contributed by atoms with Crippen LogP contribution in [-0.2, 0) is 6.54 Å². The van der Waals surface area contributed by atoms with E-state index in [0.717, 1.165) is 25.5 Å². The molecule has 1 atom stereocenters. The molecule has 2 N–H and O–H groups in total. The van der Waals surface area contributed by atoms with Gasteiger partial charge in [-0.2, -0.15) is 0 Å². The number of rotatable bonds is 4. The van der Waals surface area contributed by atoms with Crippen molar-refractivity contribution in [2.45, 2.75) is 26.0 Å². The Balaban J connectivity index is 0.00000242. The summed E-state index contributed by atoms with van der Waals surface area (Å²) < 4.78 is 0. The van der Waals surface area contributed by atoms with Crippen LogP contribution in [0.3, 0.4) is 0 Å². The molecule has 0 amide bonds. The van der Waals surface area contributed by atoms with Gasteiger partial charge in [0.15, 0.2) is 5.96 Å². The number of nitrogens with one attached hydrogen (secondary N) is 1. The number of aliphatic hydroxyl groups excluding tert-OH is 1. The second kappa shape index (κ2) is 9.19. The minimum atomic E-state index is -0.231. The van der Waals surface area contributed by atoms with Crippen molar-refractivity contribution in [2.75, 3.05) is 38.6 Å². The van der Waals surface area contributed by atoms with Gasteiger partial charge >= 0.3 is 0 Å². The van der Waals surface area contributed by atoms with E-state index >= 15 is 0 Å². The lowest BCUT2D eigenvalue weighted by Crippen LogP contribution is -2.40. The molecule has 0 aromatic heterocycles. The lowest BCUT2D eigenvalue weighted by molar-refractivity contribution is 0.188. The second-order valence-electron chi connectivity index (χ2n) is 5.62. The fourth-order valence-corrected chi connectivity index (χ4v) is 2.46. The predicted molar refractivity (Wildman–Crippen MR) is 103 cm³/mol. The van der Waals surface area contributed by atoms with Gasteiger partial charge in [-0.3, -0.25) is 0 Å². The Hall–Kier alpha value is -1.02. The van der Waals surface area contributed by atoms with Gasteiger partial charge in [0.2, 0.25) is 0 Å². The molecule has 5 nitrogen and oxygen atoms in total. The number of hydrogen-bond donors (Lipinski definition) is 2. The van der Waals surface area contributed by atoms with Gasteiger partial charge < -0.3 is 20.2 Å². The van der Waals surface area contributed by atoms with Gasteiger partial charge in [-0.1, -0.05) is 12.1 Å². The van der Waals surface area contributed by atoms with E-state index in [2.05, 4.69) is 46.3 Å². The maximum Gasteiger partial charge on any atom is 0.194 e. The topological polar surface area (TPSA) is 51.1 Å². The van der Waals surface area contributed by atoms with Crippen LogP contribution in [0.4, 0.5) is 5.69 Å². The molecule has 0 unspecified atom stereocenters. The number of aliphatic hydroxyl groups is 1. The maximum absolute atomic E-state index is 9.67. The molecule has 1 saturated heterocycles. The van der Waals surface area contributed by atoms with E-state index in [9.17, 15) is 5.11 Å². The normalized spacial score (nSPS) is 18.1. The SMILES string of the molecule is CCNC(=NCc1cccc(N(C)C)c1)N1CC[C@@H](O)C1.I. The van der Waals surface area contributed by atoms with Gasteiger partial charge in [-0.15, -0.1) is 24.0 Å². The third kappa shape index (κ3) is 5.31. The highest BCUT2D eigenvalue weighted by Crippen LogP contribution is 2.15. The highest BCUT2D eigenvalue weighted by Gasteiger charge is 2.22. The number of anilines is 1. The molecule has 0 spiro atoms. The first-order chi connectivity index (χ1) is 10.1. The number of guanidine groups is 1. The van der Waals surface area contributed by atoms with Gasteiger partial charge in [-0.05, 0) is 31.0 Å². The summed E-state index contributed by atoms with van der Waals surface area (Å²) in [5.74, 6) is 0.893. The van der Waals surface area contributed by atoms with Crippen LogP contribution in [0.25, 0.3) is 0 Å². The third-order valence-corrected chi connectivity index (χ3v) is 3.64. The molecule has 1 aromatic carbocycles. The first-order valence-corrected chi connectivity index (χ1v) is 7.57. The lowest BCUT2D eigenvalue weighted by atomic mass is 10.2. The Morgan fingerprint density at radius 1 is 1.45 bits per heavy atom. The molecular weight excluding hydrogens is 391 g/mol. The van der Waals surface area contributed by atoms with Gasteiger partial charge in [0, 0.05) is 39.4 Å². The number of benzene rings is 1.